The number of hydrogen-bond donors (Lipinski definition) is 0. The van der Waals surface area contributed by atoms with Crippen LogP contribution < -0.4 is 0 Å². The molecule has 32 heavy (non-hydrogen) atoms. The van der Waals surface area contributed by atoms with Gasteiger partial charge in [-0.25, -0.2) is 9.97 Å². The number of ether oxygens (including phenoxy) is 1. The lowest BCUT2D eigenvalue weighted by Gasteiger charge is -2.29. The molecular formula is C26H29N3O2S. The van der Waals surface area contributed by atoms with Crippen LogP contribution in [0.15, 0.2) is 30.7 Å². The molecule has 0 radical (unpaired) electrons. The summed E-state index contributed by atoms with van der Waals surface area (Å²) < 4.78 is 8.37. The van der Waals surface area contributed by atoms with Crippen LogP contribution in [0.5, 0.6) is 0 Å². The topological polar surface area (TPSA) is 56.5 Å². The first-order valence-corrected chi connectivity index (χ1v) is 12.1. The molecule has 0 bridgehead atoms. The molecule has 0 saturated heterocycles. The molecule has 5 rings (SSSR count). The van der Waals surface area contributed by atoms with Crippen LogP contribution in [0.1, 0.15) is 68.3 Å². The molecule has 1 aliphatic rings. The fraction of sp³-hybridized carbons (Fsp3) is 0.423. The lowest BCUT2D eigenvalue weighted by Crippen LogP contribution is -2.27. The van der Waals surface area contributed by atoms with Crippen molar-refractivity contribution in [3.8, 4) is 11.1 Å². The maximum absolute atomic E-state index is 12.9. The summed E-state index contributed by atoms with van der Waals surface area (Å²) in [5, 5.41) is 1.20. The van der Waals surface area contributed by atoms with Crippen LogP contribution in [-0.2, 0) is 22.4 Å². The summed E-state index contributed by atoms with van der Waals surface area (Å²) in [6.07, 6.45) is 9.70. The molecule has 0 saturated carbocycles. The van der Waals surface area contributed by atoms with Crippen LogP contribution in [0.25, 0.3) is 27.0 Å². The predicted octanol–water partition coefficient (Wildman–Crippen LogP) is 6.24. The van der Waals surface area contributed by atoms with E-state index in [4.69, 9.17) is 9.72 Å². The first-order valence-electron chi connectivity index (χ1n) is 11.3. The van der Waals surface area contributed by atoms with Crippen molar-refractivity contribution < 1.29 is 9.53 Å². The third kappa shape index (κ3) is 3.65. The van der Waals surface area contributed by atoms with Crippen LogP contribution in [0.2, 0.25) is 0 Å². The number of nitrogens with zero attached hydrogens (tertiary/aromatic N) is 3. The zero-order valence-electron chi connectivity index (χ0n) is 19.4. The van der Waals surface area contributed by atoms with Gasteiger partial charge in [-0.05, 0) is 83.6 Å². The van der Waals surface area contributed by atoms with Gasteiger partial charge >= 0.3 is 0 Å². The number of Topliss-reactive ketones (excluding diaryl/α,β-unsaturated/α-hetero) is 1. The SMILES string of the molecule is CC(=O)C(OC(C)(C)C)c1c(C)nc2sc3c(c2c1-c1ccn2ccnc2c1)CCCC3. The Hall–Kier alpha value is -2.57. The Morgan fingerprint density at radius 1 is 1.22 bits per heavy atom. The van der Waals surface area contributed by atoms with Gasteiger partial charge in [0.05, 0.1) is 5.60 Å². The van der Waals surface area contributed by atoms with E-state index in [9.17, 15) is 4.79 Å². The van der Waals surface area contributed by atoms with Crippen molar-refractivity contribution in [2.45, 2.75) is 72.0 Å². The molecule has 0 aliphatic heterocycles. The molecule has 4 aromatic rings. The van der Waals surface area contributed by atoms with E-state index >= 15 is 0 Å². The van der Waals surface area contributed by atoms with E-state index in [1.807, 2.05) is 55.8 Å². The molecule has 0 fully saturated rings. The zero-order chi connectivity index (χ0) is 22.6. The molecular weight excluding hydrogens is 418 g/mol. The molecule has 0 spiro atoms. The Bertz CT molecular complexity index is 1340. The molecule has 6 heteroatoms. The Morgan fingerprint density at radius 2 is 2.00 bits per heavy atom. The standard InChI is InChI=1S/C26H29N3O2S/c1-15-21(24(16(2)30)31-26(3,4)5)22(17-10-12-29-13-11-27-20(29)14-17)23-18-8-6-7-9-19(18)32-25(23)28-15/h10-14,24H,6-9H2,1-5H3. The highest BCUT2D eigenvalue weighted by Crippen LogP contribution is 2.45. The van der Waals surface area contributed by atoms with Crippen molar-refractivity contribution in [3.63, 3.8) is 0 Å². The Labute approximate surface area is 192 Å². The normalized spacial score (nSPS) is 15.3. The average Bonchev–Trinajstić information content (AvgIpc) is 3.33. The van der Waals surface area contributed by atoms with Gasteiger partial charge in [0, 0.05) is 45.7 Å². The van der Waals surface area contributed by atoms with Gasteiger partial charge in [0.15, 0.2) is 5.78 Å². The maximum atomic E-state index is 12.9. The van der Waals surface area contributed by atoms with Gasteiger partial charge in [-0.3, -0.25) is 4.79 Å². The second kappa shape index (κ2) is 7.78. The summed E-state index contributed by atoms with van der Waals surface area (Å²) in [5.41, 5.74) is 5.72. The Kier molecular flexibility index (Phi) is 5.18. The smallest absolute Gasteiger partial charge is 0.163 e. The number of rotatable bonds is 4. The molecule has 1 atom stereocenters. The molecule has 1 unspecified atom stereocenters. The minimum atomic E-state index is -0.669. The van der Waals surface area contributed by atoms with Crippen molar-refractivity contribution >= 4 is 33.0 Å². The van der Waals surface area contributed by atoms with E-state index in [1.165, 1.54) is 28.7 Å². The van der Waals surface area contributed by atoms with E-state index in [0.717, 1.165) is 45.7 Å². The van der Waals surface area contributed by atoms with E-state index in [2.05, 4.69) is 17.1 Å². The molecule has 5 nitrogen and oxygen atoms in total. The Balaban J connectivity index is 1.87. The van der Waals surface area contributed by atoms with Crippen LogP contribution in [0, 0.1) is 6.92 Å². The highest BCUT2D eigenvalue weighted by atomic mass is 32.1. The quantitative estimate of drug-likeness (QED) is 0.371. The summed E-state index contributed by atoms with van der Waals surface area (Å²) in [7, 11) is 0. The van der Waals surface area contributed by atoms with Gasteiger partial charge < -0.3 is 9.14 Å². The van der Waals surface area contributed by atoms with Gasteiger partial charge in [0.1, 0.15) is 16.6 Å². The molecule has 0 aromatic carbocycles. The van der Waals surface area contributed by atoms with Gasteiger partial charge in [0.2, 0.25) is 0 Å². The lowest BCUT2D eigenvalue weighted by atomic mass is 9.87. The average molecular weight is 448 g/mol. The number of thiophene rings is 1. The predicted molar refractivity (Wildman–Crippen MR) is 129 cm³/mol. The number of carbonyl (C=O) groups is 1. The lowest BCUT2D eigenvalue weighted by molar-refractivity contribution is -0.138. The van der Waals surface area contributed by atoms with Crippen molar-refractivity contribution in [3.05, 3.63) is 52.4 Å². The zero-order valence-corrected chi connectivity index (χ0v) is 20.2. The van der Waals surface area contributed by atoms with Crippen molar-refractivity contribution in [1.29, 1.82) is 0 Å². The largest absolute Gasteiger partial charge is 0.360 e. The van der Waals surface area contributed by atoms with Crippen LogP contribution in [0.4, 0.5) is 0 Å². The van der Waals surface area contributed by atoms with Crippen molar-refractivity contribution in [2.24, 2.45) is 0 Å². The number of pyridine rings is 2. The second-order valence-electron chi connectivity index (χ2n) is 9.71. The van der Waals surface area contributed by atoms with Crippen LogP contribution in [-0.4, -0.2) is 25.8 Å². The number of imidazole rings is 1. The maximum Gasteiger partial charge on any atom is 0.163 e. The van der Waals surface area contributed by atoms with Gasteiger partial charge in [-0.2, -0.15) is 0 Å². The highest BCUT2D eigenvalue weighted by molar-refractivity contribution is 7.19. The number of fused-ring (bicyclic) bond motifs is 4. The second-order valence-corrected chi connectivity index (χ2v) is 10.8. The van der Waals surface area contributed by atoms with E-state index in [-0.39, 0.29) is 5.78 Å². The third-order valence-electron chi connectivity index (χ3n) is 6.12. The first-order chi connectivity index (χ1) is 15.2. The molecule has 0 N–H and O–H groups in total. The van der Waals surface area contributed by atoms with Crippen molar-refractivity contribution in [2.75, 3.05) is 0 Å². The third-order valence-corrected chi connectivity index (χ3v) is 7.31. The van der Waals surface area contributed by atoms with Crippen molar-refractivity contribution in [1.82, 2.24) is 14.4 Å². The number of carbonyl (C=O) groups excluding carboxylic acids is 1. The monoisotopic (exact) mass is 447 g/mol. The van der Waals surface area contributed by atoms with Gasteiger partial charge in [0.25, 0.3) is 0 Å². The number of hydrogen-bond acceptors (Lipinski definition) is 5. The minimum absolute atomic E-state index is 0.00332. The van der Waals surface area contributed by atoms with Crippen LogP contribution >= 0.6 is 11.3 Å². The fourth-order valence-electron chi connectivity index (χ4n) is 4.80. The Morgan fingerprint density at radius 3 is 2.75 bits per heavy atom. The fourth-order valence-corrected chi connectivity index (χ4v) is 6.12. The minimum Gasteiger partial charge on any atom is -0.360 e. The van der Waals surface area contributed by atoms with Crippen LogP contribution in [0.3, 0.4) is 0 Å². The summed E-state index contributed by atoms with van der Waals surface area (Å²) in [6, 6.07) is 4.23. The summed E-state index contributed by atoms with van der Waals surface area (Å²) in [4.78, 5) is 25.0. The molecule has 4 aromatic heterocycles. The number of aryl methyl sites for hydroxylation is 3. The highest BCUT2D eigenvalue weighted by Gasteiger charge is 2.32. The number of aromatic nitrogens is 3. The number of ketones is 1. The molecule has 1 aliphatic carbocycles. The molecule has 4 heterocycles. The first kappa shape index (κ1) is 21.3. The summed E-state index contributed by atoms with van der Waals surface area (Å²) in [6.45, 7) is 9.60. The molecule has 0 amide bonds. The molecule has 166 valence electrons. The van der Waals surface area contributed by atoms with Gasteiger partial charge in [-0.15, -0.1) is 11.3 Å². The van der Waals surface area contributed by atoms with E-state index in [1.54, 1.807) is 13.1 Å². The summed E-state index contributed by atoms with van der Waals surface area (Å²) in [5.74, 6) is -0.00332. The van der Waals surface area contributed by atoms with Gasteiger partial charge in [-0.1, -0.05) is 0 Å². The summed E-state index contributed by atoms with van der Waals surface area (Å²) >= 11 is 1.81. The van der Waals surface area contributed by atoms with E-state index < -0.39 is 11.7 Å². The van der Waals surface area contributed by atoms with E-state index in [0.29, 0.717) is 0 Å².